The first kappa shape index (κ1) is 13.0. The number of hydrogen-bond acceptors (Lipinski definition) is 2. The third-order valence-electron chi connectivity index (χ3n) is 3.19. The van der Waals surface area contributed by atoms with Crippen LogP contribution in [0.15, 0.2) is 0 Å². The number of likely N-dealkylation sites (tertiary alicyclic amines) is 1. The average Bonchev–Trinajstić information content (AvgIpc) is 2.50. The second-order valence-electron chi connectivity index (χ2n) is 5.97. The maximum Gasteiger partial charge on any atom is 0.00449 e. The molecule has 1 aliphatic rings. The molecule has 1 saturated heterocycles. The highest BCUT2D eigenvalue weighted by atomic mass is 15.2. The predicted octanol–water partition coefficient (Wildman–Crippen LogP) is 2.35. The highest BCUT2D eigenvalue weighted by molar-refractivity contribution is 4.80. The molecule has 0 amide bonds. The summed E-state index contributed by atoms with van der Waals surface area (Å²) in [6.07, 6.45) is 2.62. The molecule has 1 atom stereocenters. The molecule has 1 unspecified atom stereocenters. The van der Waals surface area contributed by atoms with Crippen LogP contribution in [0.25, 0.3) is 0 Å². The summed E-state index contributed by atoms with van der Waals surface area (Å²) >= 11 is 0. The van der Waals surface area contributed by atoms with Crippen molar-refractivity contribution in [2.75, 3.05) is 32.7 Å². The molecule has 2 nitrogen and oxygen atoms in total. The van der Waals surface area contributed by atoms with Crippen molar-refractivity contribution in [3.63, 3.8) is 0 Å². The van der Waals surface area contributed by atoms with Gasteiger partial charge in [0.25, 0.3) is 0 Å². The van der Waals surface area contributed by atoms with Crippen molar-refractivity contribution in [1.82, 2.24) is 10.2 Å². The molecule has 1 aliphatic heterocycles. The first-order chi connectivity index (χ1) is 7.03. The summed E-state index contributed by atoms with van der Waals surface area (Å²) < 4.78 is 0. The van der Waals surface area contributed by atoms with Crippen LogP contribution < -0.4 is 5.32 Å². The summed E-state index contributed by atoms with van der Waals surface area (Å²) in [5.74, 6) is 0.907. The largest absolute Gasteiger partial charge is 0.316 e. The molecule has 15 heavy (non-hydrogen) atoms. The number of nitrogens with one attached hydrogen (secondary N) is 1. The number of rotatable bonds is 6. The summed E-state index contributed by atoms with van der Waals surface area (Å²) in [5.41, 5.74) is 0.416. The van der Waals surface area contributed by atoms with Crippen LogP contribution in [-0.4, -0.2) is 37.6 Å². The lowest BCUT2D eigenvalue weighted by Gasteiger charge is -2.30. The molecule has 0 aromatic heterocycles. The third-order valence-corrected chi connectivity index (χ3v) is 3.19. The van der Waals surface area contributed by atoms with Gasteiger partial charge in [0.1, 0.15) is 0 Å². The first-order valence-corrected chi connectivity index (χ1v) is 6.46. The zero-order valence-corrected chi connectivity index (χ0v) is 11.0. The van der Waals surface area contributed by atoms with Crippen molar-refractivity contribution in [1.29, 1.82) is 0 Å². The molecule has 0 aromatic carbocycles. The monoisotopic (exact) mass is 212 g/mol. The fraction of sp³-hybridized carbons (Fsp3) is 1.00. The van der Waals surface area contributed by atoms with Crippen LogP contribution >= 0.6 is 0 Å². The summed E-state index contributed by atoms with van der Waals surface area (Å²) in [6, 6.07) is 0. The molecule has 0 saturated carbocycles. The van der Waals surface area contributed by atoms with Gasteiger partial charge in [0.05, 0.1) is 0 Å². The van der Waals surface area contributed by atoms with E-state index < -0.39 is 0 Å². The molecular weight excluding hydrogens is 184 g/mol. The number of nitrogens with zero attached hydrogens (tertiary/aromatic N) is 1. The topological polar surface area (TPSA) is 15.3 Å². The van der Waals surface area contributed by atoms with E-state index in [-0.39, 0.29) is 0 Å². The van der Waals surface area contributed by atoms with E-state index in [1.165, 1.54) is 32.5 Å². The summed E-state index contributed by atoms with van der Waals surface area (Å²) in [7, 11) is 0. The van der Waals surface area contributed by atoms with E-state index in [0.29, 0.717) is 5.41 Å². The smallest absolute Gasteiger partial charge is 0.00449 e. The Morgan fingerprint density at radius 3 is 2.67 bits per heavy atom. The van der Waals surface area contributed by atoms with Gasteiger partial charge in [-0.3, -0.25) is 0 Å². The zero-order valence-electron chi connectivity index (χ0n) is 11.0. The summed E-state index contributed by atoms with van der Waals surface area (Å²) in [5, 5.41) is 3.53. The van der Waals surface area contributed by atoms with E-state index in [2.05, 4.69) is 37.9 Å². The minimum absolute atomic E-state index is 0.416. The van der Waals surface area contributed by atoms with E-state index >= 15 is 0 Å². The van der Waals surface area contributed by atoms with Crippen molar-refractivity contribution in [3.8, 4) is 0 Å². The number of hydrogen-bond donors (Lipinski definition) is 1. The van der Waals surface area contributed by atoms with Crippen LogP contribution in [0.2, 0.25) is 0 Å². The predicted molar refractivity (Wildman–Crippen MR) is 67.2 cm³/mol. The van der Waals surface area contributed by atoms with Crippen molar-refractivity contribution >= 4 is 0 Å². The van der Waals surface area contributed by atoms with Crippen molar-refractivity contribution in [2.24, 2.45) is 11.3 Å². The highest BCUT2D eigenvalue weighted by Gasteiger charge is 2.25. The molecule has 2 heteroatoms. The highest BCUT2D eigenvalue weighted by Crippen LogP contribution is 2.21. The summed E-state index contributed by atoms with van der Waals surface area (Å²) in [6.45, 7) is 15.5. The molecule has 0 radical (unpaired) electrons. The van der Waals surface area contributed by atoms with Gasteiger partial charge in [-0.15, -0.1) is 0 Å². The maximum atomic E-state index is 3.53. The molecule has 0 aromatic rings. The van der Waals surface area contributed by atoms with Crippen LogP contribution in [0.3, 0.4) is 0 Å². The lowest BCUT2D eigenvalue weighted by atomic mass is 9.92. The van der Waals surface area contributed by atoms with E-state index in [1.807, 2.05) is 0 Å². The van der Waals surface area contributed by atoms with Crippen molar-refractivity contribution in [2.45, 2.75) is 40.5 Å². The Bertz CT molecular complexity index is 177. The lowest BCUT2D eigenvalue weighted by molar-refractivity contribution is 0.200. The molecule has 1 heterocycles. The fourth-order valence-electron chi connectivity index (χ4n) is 2.43. The lowest BCUT2D eigenvalue weighted by Crippen LogP contribution is -2.39. The minimum Gasteiger partial charge on any atom is -0.316 e. The van der Waals surface area contributed by atoms with Crippen LogP contribution in [0.1, 0.15) is 40.5 Å². The van der Waals surface area contributed by atoms with Gasteiger partial charge in [-0.05, 0) is 37.3 Å². The van der Waals surface area contributed by atoms with Gasteiger partial charge in [0.2, 0.25) is 0 Å². The fourth-order valence-corrected chi connectivity index (χ4v) is 2.43. The van der Waals surface area contributed by atoms with Crippen molar-refractivity contribution in [3.05, 3.63) is 0 Å². The third kappa shape index (κ3) is 4.98. The Hall–Kier alpha value is -0.0800. The van der Waals surface area contributed by atoms with Gasteiger partial charge in [-0.2, -0.15) is 0 Å². The Kier molecular flexibility index (Phi) is 5.07. The van der Waals surface area contributed by atoms with Crippen molar-refractivity contribution < 1.29 is 0 Å². The van der Waals surface area contributed by atoms with Gasteiger partial charge >= 0.3 is 0 Å². The molecule has 1 rings (SSSR count). The average molecular weight is 212 g/mol. The second kappa shape index (κ2) is 5.86. The molecule has 0 bridgehead atoms. The van der Waals surface area contributed by atoms with Gasteiger partial charge in [-0.25, -0.2) is 0 Å². The van der Waals surface area contributed by atoms with Crippen LogP contribution in [0, 0.1) is 11.3 Å². The zero-order chi connectivity index (χ0) is 11.3. The molecular formula is C13H28N2. The van der Waals surface area contributed by atoms with E-state index in [0.717, 1.165) is 19.0 Å². The summed E-state index contributed by atoms with van der Waals surface area (Å²) in [4.78, 5) is 2.62. The minimum atomic E-state index is 0.416. The maximum absolute atomic E-state index is 3.53. The molecule has 90 valence electrons. The molecule has 1 fully saturated rings. The second-order valence-corrected chi connectivity index (χ2v) is 5.97. The van der Waals surface area contributed by atoms with Crippen LogP contribution in [-0.2, 0) is 0 Å². The van der Waals surface area contributed by atoms with Gasteiger partial charge < -0.3 is 10.2 Å². The first-order valence-electron chi connectivity index (χ1n) is 6.46. The van der Waals surface area contributed by atoms with E-state index in [4.69, 9.17) is 0 Å². The van der Waals surface area contributed by atoms with Gasteiger partial charge in [0, 0.05) is 19.6 Å². The Balaban J connectivity index is 2.22. The van der Waals surface area contributed by atoms with E-state index in [9.17, 15) is 0 Å². The Morgan fingerprint density at radius 2 is 2.13 bits per heavy atom. The Morgan fingerprint density at radius 1 is 1.40 bits per heavy atom. The SMILES string of the molecule is CCCNCC(C)(C)CN1CCC(C)C1. The van der Waals surface area contributed by atoms with Crippen LogP contribution in [0.5, 0.6) is 0 Å². The molecule has 1 N–H and O–H groups in total. The standard InChI is InChI=1S/C13H28N2/c1-5-7-14-10-13(3,4)11-15-8-6-12(2)9-15/h12,14H,5-11H2,1-4H3. The van der Waals surface area contributed by atoms with Crippen LogP contribution in [0.4, 0.5) is 0 Å². The normalized spacial score (nSPS) is 23.6. The molecule has 0 spiro atoms. The molecule has 0 aliphatic carbocycles. The van der Waals surface area contributed by atoms with Gasteiger partial charge in [0.15, 0.2) is 0 Å². The van der Waals surface area contributed by atoms with E-state index in [1.54, 1.807) is 0 Å². The Labute approximate surface area is 95.4 Å². The van der Waals surface area contributed by atoms with Gasteiger partial charge in [-0.1, -0.05) is 27.7 Å². The quantitative estimate of drug-likeness (QED) is 0.680.